The van der Waals surface area contributed by atoms with Crippen LogP contribution in [-0.2, 0) is 33.5 Å². The van der Waals surface area contributed by atoms with Crippen molar-refractivity contribution in [2.75, 3.05) is 38.9 Å². The molecule has 2 saturated heterocycles. The highest BCUT2D eigenvalue weighted by atomic mass is 32.2. The molecule has 42 heavy (non-hydrogen) atoms. The minimum absolute atomic E-state index is 0.0787. The largest absolute Gasteiger partial charge is 0.497 e. The van der Waals surface area contributed by atoms with Crippen LogP contribution < -0.4 is 15.8 Å². The fourth-order valence-electron chi connectivity index (χ4n) is 4.53. The van der Waals surface area contributed by atoms with Crippen molar-refractivity contribution in [1.29, 1.82) is 0 Å². The molecule has 0 bridgehead atoms. The fourth-order valence-corrected chi connectivity index (χ4v) is 6.59. The van der Waals surface area contributed by atoms with Crippen molar-refractivity contribution in [2.45, 2.75) is 31.4 Å². The summed E-state index contributed by atoms with van der Waals surface area (Å²) in [6, 6.07) is 6.18. The van der Waals surface area contributed by atoms with Gasteiger partial charge in [-0.3, -0.25) is 19.2 Å². The summed E-state index contributed by atoms with van der Waals surface area (Å²) < 4.78 is 16.5. The molecule has 2 aliphatic heterocycles. The lowest BCUT2D eigenvalue weighted by Crippen LogP contribution is -2.74. The Kier molecular flexibility index (Phi) is 9.41. The van der Waals surface area contributed by atoms with Crippen LogP contribution in [0.3, 0.4) is 0 Å². The van der Waals surface area contributed by atoms with E-state index in [1.807, 2.05) is 0 Å². The molecule has 2 fully saturated rings. The average molecular weight is 618 g/mol. The number of anilines is 1. The number of thiazole rings is 1. The SMILES string of the molecule is C=C(C)C(OC(=O)C1(COC(C)=O)CS[C@@H]2C(NC(=O)C(=NOC)c3csc(N)n3)C(=O)N2C1)c1cccc(OC)c1. The molecule has 2 aliphatic rings. The Bertz CT molecular complexity index is 1430. The van der Waals surface area contributed by atoms with Gasteiger partial charge in [-0.1, -0.05) is 23.9 Å². The summed E-state index contributed by atoms with van der Waals surface area (Å²) in [5.41, 5.74) is 5.63. The molecule has 2 amide bonds. The Morgan fingerprint density at radius 2 is 2.07 bits per heavy atom. The van der Waals surface area contributed by atoms with E-state index in [2.05, 4.69) is 22.0 Å². The second-order valence-electron chi connectivity index (χ2n) is 9.78. The fraction of sp³-hybridized carbons (Fsp3) is 0.407. The number of carbonyl (C=O) groups is 4. The number of benzene rings is 1. The van der Waals surface area contributed by atoms with Crippen LogP contribution >= 0.6 is 23.1 Å². The van der Waals surface area contributed by atoms with Crippen LogP contribution in [0.2, 0.25) is 0 Å². The summed E-state index contributed by atoms with van der Waals surface area (Å²) in [6.45, 7) is 6.57. The molecule has 4 rings (SSSR count). The summed E-state index contributed by atoms with van der Waals surface area (Å²) >= 11 is 2.40. The highest BCUT2D eigenvalue weighted by Gasteiger charge is 2.58. The number of oxime groups is 1. The van der Waals surface area contributed by atoms with Gasteiger partial charge in [-0.25, -0.2) is 4.98 Å². The lowest BCUT2D eigenvalue weighted by Gasteiger charge is -2.53. The number of hydrogen-bond donors (Lipinski definition) is 2. The summed E-state index contributed by atoms with van der Waals surface area (Å²) in [5, 5.41) is 7.75. The van der Waals surface area contributed by atoms with E-state index in [1.54, 1.807) is 36.6 Å². The van der Waals surface area contributed by atoms with E-state index in [1.165, 1.54) is 37.8 Å². The van der Waals surface area contributed by atoms with Crippen molar-refractivity contribution < 1.29 is 38.2 Å². The van der Waals surface area contributed by atoms with Crippen LogP contribution in [0.25, 0.3) is 0 Å². The standard InChI is InChI=1S/C27H31N5O8S2/c1-14(2)21(16-7-6-8-17(9-16)37-4)40-25(36)27(12-39-15(3)33)11-32-23(35)20(24(32)42-13-27)30-22(34)19(31-38-5)18-10-41-26(28)29-18/h6-10,20-21,24H,1,11-13H2,2-5H3,(H2,28,29)(H,30,34)/t20?,21?,24-,27?/m1/s1. The number of carbonyl (C=O) groups excluding carboxylic acids is 4. The first-order valence-electron chi connectivity index (χ1n) is 12.7. The quantitative estimate of drug-likeness (QED) is 0.124. The number of rotatable bonds is 11. The van der Waals surface area contributed by atoms with E-state index < -0.39 is 46.7 Å². The number of hydrogen-bond acceptors (Lipinski definition) is 13. The van der Waals surface area contributed by atoms with Crippen LogP contribution in [-0.4, -0.2) is 83.9 Å². The number of ether oxygens (including phenoxy) is 3. The van der Waals surface area contributed by atoms with E-state index in [9.17, 15) is 19.2 Å². The number of nitrogen functional groups attached to an aromatic ring is 1. The predicted molar refractivity (Wildman–Crippen MR) is 156 cm³/mol. The molecule has 13 nitrogen and oxygen atoms in total. The van der Waals surface area contributed by atoms with Gasteiger partial charge in [-0.15, -0.1) is 23.1 Å². The van der Waals surface area contributed by atoms with Crippen molar-refractivity contribution in [3.05, 3.63) is 53.1 Å². The van der Waals surface area contributed by atoms with Gasteiger partial charge in [-0.05, 0) is 24.6 Å². The number of β-lactam (4-membered cyclic amide) rings is 1. The summed E-state index contributed by atoms with van der Waals surface area (Å²) in [4.78, 5) is 62.1. The van der Waals surface area contributed by atoms with Crippen molar-refractivity contribution in [2.24, 2.45) is 10.6 Å². The zero-order chi connectivity index (χ0) is 30.6. The van der Waals surface area contributed by atoms with E-state index in [-0.39, 0.29) is 35.4 Å². The Morgan fingerprint density at radius 3 is 2.69 bits per heavy atom. The van der Waals surface area contributed by atoms with Crippen LogP contribution in [0.5, 0.6) is 5.75 Å². The van der Waals surface area contributed by atoms with Gasteiger partial charge < -0.3 is 35.0 Å². The van der Waals surface area contributed by atoms with E-state index in [0.29, 0.717) is 16.9 Å². The molecule has 1 aromatic heterocycles. The number of thioether (sulfide) groups is 1. The van der Waals surface area contributed by atoms with Crippen LogP contribution in [0.4, 0.5) is 5.13 Å². The van der Waals surface area contributed by atoms with Crippen molar-refractivity contribution in [1.82, 2.24) is 15.2 Å². The Morgan fingerprint density at radius 1 is 1.31 bits per heavy atom. The molecular formula is C27H31N5O8S2. The number of esters is 2. The van der Waals surface area contributed by atoms with Crippen LogP contribution in [0.15, 0.2) is 47.0 Å². The molecule has 2 aromatic rings. The first-order valence-corrected chi connectivity index (χ1v) is 14.6. The smallest absolute Gasteiger partial charge is 0.319 e. The number of nitrogens with one attached hydrogen (secondary N) is 1. The van der Waals surface area contributed by atoms with Crippen molar-refractivity contribution in [3.8, 4) is 5.75 Å². The minimum atomic E-state index is -1.36. The molecule has 4 atom stereocenters. The number of amides is 2. The molecule has 224 valence electrons. The molecule has 0 radical (unpaired) electrons. The molecule has 0 saturated carbocycles. The third kappa shape index (κ3) is 6.36. The van der Waals surface area contributed by atoms with E-state index in [4.69, 9.17) is 24.8 Å². The normalized spacial score (nSPS) is 22.2. The molecule has 3 N–H and O–H groups in total. The Hall–Kier alpha value is -4.11. The Labute approximate surface area is 250 Å². The van der Waals surface area contributed by atoms with Gasteiger partial charge in [0.05, 0.1) is 7.11 Å². The lowest BCUT2D eigenvalue weighted by atomic mass is 9.87. The van der Waals surface area contributed by atoms with Crippen molar-refractivity contribution in [3.63, 3.8) is 0 Å². The lowest BCUT2D eigenvalue weighted by molar-refractivity contribution is -0.171. The second kappa shape index (κ2) is 12.8. The topological polar surface area (TPSA) is 172 Å². The summed E-state index contributed by atoms with van der Waals surface area (Å²) in [6.07, 6.45) is -0.804. The number of aromatic nitrogens is 1. The zero-order valence-corrected chi connectivity index (χ0v) is 25.1. The van der Waals surface area contributed by atoms with Gasteiger partial charge in [0.1, 0.15) is 48.1 Å². The molecule has 1 aromatic carbocycles. The van der Waals surface area contributed by atoms with E-state index >= 15 is 0 Å². The molecule has 0 spiro atoms. The van der Waals surface area contributed by atoms with Crippen LogP contribution in [0, 0.1) is 5.41 Å². The number of fused-ring (bicyclic) bond motifs is 1. The molecule has 3 unspecified atom stereocenters. The molecule has 3 heterocycles. The monoisotopic (exact) mass is 617 g/mol. The number of nitrogens with two attached hydrogens (primary N) is 1. The molecule has 0 aliphatic carbocycles. The number of nitrogens with zero attached hydrogens (tertiary/aromatic N) is 3. The third-order valence-electron chi connectivity index (χ3n) is 6.65. The van der Waals surface area contributed by atoms with Crippen LogP contribution in [0.1, 0.15) is 31.2 Å². The highest BCUT2D eigenvalue weighted by molar-refractivity contribution is 8.00. The average Bonchev–Trinajstić information content (AvgIpc) is 3.41. The van der Waals surface area contributed by atoms with Crippen molar-refractivity contribution >= 4 is 57.7 Å². The maximum Gasteiger partial charge on any atom is 0.319 e. The maximum absolute atomic E-state index is 13.8. The summed E-state index contributed by atoms with van der Waals surface area (Å²) in [5.74, 6) is -1.58. The summed E-state index contributed by atoms with van der Waals surface area (Å²) in [7, 11) is 2.81. The molecule has 15 heteroatoms. The second-order valence-corrected chi connectivity index (χ2v) is 11.8. The minimum Gasteiger partial charge on any atom is -0.497 e. The first-order chi connectivity index (χ1) is 20.0. The first kappa shape index (κ1) is 30.8. The van der Waals surface area contributed by atoms with Gasteiger partial charge in [0.25, 0.3) is 5.91 Å². The third-order valence-corrected chi connectivity index (χ3v) is 8.91. The maximum atomic E-state index is 13.8. The Balaban J connectivity index is 1.51. The van der Waals surface area contributed by atoms with Gasteiger partial charge in [-0.2, -0.15) is 0 Å². The van der Waals surface area contributed by atoms with Gasteiger partial charge in [0, 0.05) is 30.2 Å². The van der Waals surface area contributed by atoms with E-state index in [0.717, 1.165) is 11.3 Å². The zero-order valence-electron chi connectivity index (χ0n) is 23.4. The number of methoxy groups -OCH3 is 1. The highest BCUT2D eigenvalue weighted by Crippen LogP contribution is 2.44. The van der Waals surface area contributed by atoms with Gasteiger partial charge in [0.15, 0.2) is 10.8 Å². The van der Waals surface area contributed by atoms with Gasteiger partial charge >= 0.3 is 11.9 Å². The molecular weight excluding hydrogens is 586 g/mol. The predicted octanol–water partition coefficient (Wildman–Crippen LogP) is 1.89. The van der Waals surface area contributed by atoms with Gasteiger partial charge in [0.2, 0.25) is 5.91 Å².